The summed E-state index contributed by atoms with van der Waals surface area (Å²) < 4.78 is 11.9. The van der Waals surface area contributed by atoms with Crippen LogP contribution < -0.4 is 0 Å². The van der Waals surface area contributed by atoms with Crippen LogP contribution in [0.1, 0.15) is 46.5 Å². The second-order valence-electron chi connectivity index (χ2n) is 7.30. The SMILES string of the molecule is C[C@H]1[C@H](O)O[C@@H]2O[C@]3(C)CC[C@H]4[C@H](C)CC[C@H]1[C@@]24OO3. The number of rotatable bonds is 0. The van der Waals surface area contributed by atoms with Crippen LogP contribution in [0, 0.1) is 23.7 Å². The fraction of sp³-hybridized carbons (Fsp3) is 1.00. The van der Waals surface area contributed by atoms with Crippen LogP contribution >= 0.6 is 0 Å². The monoisotopic (exact) mass is 284 g/mol. The fourth-order valence-corrected chi connectivity index (χ4v) is 4.89. The third-order valence-electron chi connectivity index (χ3n) is 6.12. The quantitative estimate of drug-likeness (QED) is 0.691. The topological polar surface area (TPSA) is 57.2 Å². The minimum Gasteiger partial charge on any atom is -0.368 e. The normalized spacial score (nSPS) is 61.8. The van der Waals surface area contributed by atoms with E-state index in [1.54, 1.807) is 0 Å². The predicted octanol–water partition coefficient (Wildman–Crippen LogP) is 2.19. The average Bonchev–Trinajstić information content (AvgIpc) is 2.63. The number of fused-ring (bicyclic) bond motifs is 2. The molecule has 1 N–H and O–H groups in total. The van der Waals surface area contributed by atoms with Crippen molar-refractivity contribution in [2.75, 3.05) is 0 Å². The van der Waals surface area contributed by atoms with Gasteiger partial charge in [-0.05, 0) is 38.0 Å². The van der Waals surface area contributed by atoms with Gasteiger partial charge in [-0.15, -0.1) is 0 Å². The fourth-order valence-electron chi connectivity index (χ4n) is 4.89. The van der Waals surface area contributed by atoms with Gasteiger partial charge in [-0.25, -0.2) is 9.78 Å². The zero-order chi connectivity index (χ0) is 14.1. The van der Waals surface area contributed by atoms with Crippen molar-refractivity contribution in [2.45, 2.75) is 70.4 Å². The minimum atomic E-state index is -0.781. The highest BCUT2D eigenvalue weighted by Gasteiger charge is 2.69. The Morgan fingerprint density at radius 2 is 1.85 bits per heavy atom. The van der Waals surface area contributed by atoms with Crippen LogP contribution in [0.5, 0.6) is 0 Å². The average molecular weight is 284 g/mol. The van der Waals surface area contributed by atoms with Crippen LogP contribution in [0.4, 0.5) is 0 Å². The Balaban J connectivity index is 1.82. The van der Waals surface area contributed by atoms with Crippen molar-refractivity contribution in [1.82, 2.24) is 0 Å². The van der Waals surface area contributed by atoms with E-state index in [2.05, 4.69) is 6.92 Å². The van der Waals surface area contributed by atoms with Gasteiger partial charge in [0, 0.05) is 18.3 Å². The molecular weight excluding hydrogens is 260 g/mol. The van der Waals surface area contributed by atoms with Crippen molar-refractivity contribution in [3.8, 4) is 0 Å². The number of hydrogen-bond donors (Lipinski definition) is 1. The van der Waals surface area contributed by atoms with Gasteiger partial charge in [-0.1, -0.05) is 13.8 Å². The summed E-state index contributed by atoms with van der Waals surface area (Å²) in [7, 11) is 0. The zero-order valence-electron chi connectivity index (χ0n) is 12.4. The lowest BCUT2D eigenvalue weighted by Crippen LogP contribution is -2.70. The van der Waals surface area contributed by atoms with E-state index in [1.165, 1.54) is 6.42 Å². The molecule has 0 amide bonds. The Bertz CT molecular complexity index is 411. The molecule has 2 bridgehead atoms. The van der Waals surface area contributed by atoms with Crippen LogP contribution in [0.25, 0.3) is 0 Å². The molecule has 8 atom stereocenters. The summed E-state index contributed by atoms with van der Waals surface area (Å²) in [6.07, 6.45) is 2.72. The summed E-state index contributed by atoms with van der Waals surface area (Å²) in [4.78, 5) is 11.6. The summed E-state index contributed by atoms with van der Waals surface area (Å²) in [5.74, 6) is 0.437. The van der Waals surface area contributed by atoms with E-state index in [4.69, 9.17) is 19.2 Å². The molecule has 1 spiro atoms. The molecule has 5 nitrogen and oxygen atoms in total. The van der Waals surface area contributed by atoms with Crippen molar-refractivity contribution in [3.05, 3.63) is 0 Å². The van der Waals surface area contributed by atoms with Gasteiger partial charge in [0.1, 0.15) is 0 Å². The lowest BCUT2D eigenvalue weighted by atomic mass is 9.58. The van der Waals surface area contributed by atoms with E-state index in [9.17, 15) is 5.11 Å². The van der Waals surface area contributed by atoms with E-state index in [1.807, 2.05) is 13.8 Å². The highest BCUT2D eigenvalue weighted by Crippen LogP contribution is 2.60. The molecule has 0 aromatic carbocycles. The molecule has 4 heterocycles. The summed E-state index contributed by atoms with van der Waals surface area (Å²) in [5, 5.41) is 10.2. The number of ether oxygens (including phenoxy) is 2. The van der Waals surface area contributed by atoms with Gasteiger partial charge >= 0.3 is 0 Å². The maximum Gasteiger partial charge on any atom is 0.201 e. The van der Waals surface area contributed by atoms with Crippen molar-refractivity contribution < 1.29 is 24.4 Å². The van der Waals surface area contributed by atoms with E-state index in [0.29, 0.717) is 11.8 Å². The standard InChI is InChI=1S/C15H24O5/c1-8-4-5-11-9(2)12(16)17-13-15(11)10(8)6-7-14(3,18-13)19-20-15/h8-13,16H,4-7H2,1-3H3/t8-,9-,10+,11-,12-,13-,14+,15-/m1/s1. The number of hydrogen-bond acceptors (Lipinski definition) is 5. The molecule has 0 aromatic rings. The van der Waals surface area contributed by atoms with Gasteiger partial charge in [0.05, 0.1) is 0 Å². The maximum atomic E-state index is 10.2. The zero-order valence-corrected chi connectivity index (χ0v) is 12.4. The number of aliphatic hydroxyl groups excluding tert-OH is 1. The second-order valence-corrected chi connectivity index (χ2v) is 7.30. The summed E-state index contributed by atoms with van der Waals surface area (Å²) in [6.45, 7) is 6.22. The van der Waals surface area contributed by atoms with Gasteiger partial charge in [0.25, 0.3) is 0 Å². The molecule has 20 heavy (non-hydrogen) atoms. The molecular formula is C15H24O5. The Kier molecular flexibility index (Phi) is 2.81. The first-order valence-electron chi connectivity index (χ1n) is 7.84. The lowest BCUT2D eigenvalue weighted by molar-refractivity contribution is -0.576. The molecule has 5 aliphatic rings. The molecule has 5 rings (SSSR count). The van der Waals surface area contributed by atoms with Crippen LogP contribution in [0.2, 0.25) is 0 Å². The van der Waals surface area contributed by atoms with Crippen molar-refractivity contribution >= 4 is 0 Å². The molecule has 4 aliphatic heterocycles. The van der Waals surface area contributed by atoms with Gasteiger partial charge in [0.15, 0.2) is 18.2 Å². The van der Waals surface area contributed by atoms with E-state index in [-0.39, 0.29) is 11.8 Å². The third kappa shape index (κ3) is 1.56. The molecule has 0 radical (unpaired) electrons. The molecule has 4 saturated heterocycles. The van der Waals surface area contributed by atoms with Gasteiger partial charge in [-0.3, -0.25) is 0 Å². The molecule has 5 fully saturated rings. The van der Waals surface area contributed by atoms with Gasteiger partial charge < -0.3 is 14.6 Å². The molecule has 1 saturated carbocycles. The number of aliphatic hydroxyl groups is 1. The molecule has 0 aromatic heterocycles. The molecule has 114 valence electrons. The first kappa shape index (κ1) is 13.5. The van der Waals surface area contributed by atoms with Crippen molar-refractivity contribution in [1.29, 1.82) is 0 Å². The highest BCUT2D eigenvalue weighted by molar-refractivity contribution is 5.08. The van der Waals surface area contributed by atoms with E-state index >= 15 is 0 Å². The minimum absolute atomic E-state index is 0.0379. The van der Waals surface area contributed by atoms with Gasteiger partial charge in [-0.2, -0.15) is 0 Å². The third-order valence-corrected chi connectivity index (χ3v) is 6.12. The van der Waals surface area contributed by atoms with Crippen molar-refractivity contribution in [2.24, 2.45) is 23.7 Å². The summed E-state index contributed by atoms with van der Waals surface area (Å²) in [5.41, 5.74) is -0.549. The molecule has 5 heteroatoms. The van der Waals surface area contributed by atoms with E-state index < -0.39 is 24.0 Å². The Labute approximate surface area is 119 Å². The summed E-state index contributed by atoms with van der Waals surface area (Å²) in [6, 6.07) is 0. The highest BCUT2D eigenvalue weighted by atomic mass is 17.3. The van der Waals surface area contributed by atoms with Crippen LogP contribution in [0.3, 0.4) is 0 Å². The van der Waals surface area contributed by atoms with Crippen molar-refractivity contribution in [3.63, 3.8) is 0 Å². The second kappa shape index (κ2) is 4.17. The Morgan fingerprint density at radius 3 is 2.65 bits per heavy atom. The predicted molar refractivity (Wildman–Crippen MR) is 69.0 cm³/mol. The van der Waals surface area contributed by atoms with Crippen LogP contribution in [0.15, 0.2) is 0 Å². The smallest absolute Gasteiger partial charge is 0.201 e. The Morgan fingerprint density at radius 1 is 1.05 bits per heavy atom. The lowest BCUT2D eigenvalue weighted by Gasteiger charge is -2.59. The largest absolute Gasteiger partial charge is 0.368 e. The van der Waals surface area contributed by atoms with Crippen LogP contribution in [-0.4, -0.2) is 29.1 Å². The van der Waals surface area contributed by atoms with E-state index in [0.717, 1.165) is 19.3 Å². The maximum absolute atomic E-state index is 10.2. The first-order chi connectivity index (χ1) is 9.46. The van der Waals surface area contributed by atoms with Crippen LogP contribution in [-0.2, 0) is 19.2 Å². The molecule has 0 unspecified atom stereocenters. The molecule has 1 aliphatic carbocycles. The van der Waals surface area contributed by atoms with Gasteiger partial charge in [0.2, 0.25) is 5.79 Å². The summed E-state index contributed by atoms with van der Waals surface area (Å²) >= 11 is 0. The Hall–Kier alpha value is -0.200. The first-order valence-corrected chi connectivity index (χ1v) is 7.84.